The van der Waals surface area contributed by atoms with Crippen LogP contribution in [0.25, 0.3) is 10.6 Å². The molecule has 0 aliphatic carbocycles. The number of carbonyl (C=O) groups excluding carboxylic acids is 2. The van der Waals surface area contributed by atoms with Gasteiger partial charge in [0.25, 0.3) is 5.91 Å². The van der Waals surface area contributed by atoms with Gasteiger partial charge < -0.3 is 14.5 Å². The fraction of sp³-hybridized carbons (Fsp3) is 0.0500. The summed E-state index contributed by atoms with van der Waals surface area (Å²) in [6.07, 6.45) is 1.42. The van der Waals surface area contributed by atoms with E-state index in [1.807, 2.05) is 23.6 Å². The molecule has 0 fully saturated rings. The molecule has 0 aliphatic heterocycles. The number of rotatable bonds is 6. The van der Waals surface area contributed by atoms with Gasteiger partial charge in [0.1, 0.15) is 16.5 Å². The van der Waals surface area contributed by atoms with Crippen molar-refractivity contribution >= 4 is 51.2 Å². The number of thiophene rings is 1. The summed E-state index contributed by atoms with van der Waals surface area (Å²) in [5.74, 6) is -0.674. The molecule has 0 aliphatic rings. The molecule has 146 valence electrons. The second-order valence-corrected chi connectivity index (χ2v) is 8.14. The smallest absolute Gasteiger partial charge is 0.348 e. The summed E-state index contributed by atoms with van der Waals surface area (Å²) < 4.78 is 10.4. The Kier molecular flexibility index (Phi) is 5.75. The topological polar surface area (TPSA) is 81.4 Å². The summed E-state index contributed by atoms with van der Waals surface area (Å²) in [6, 6.07) is 13.9. The predicted molar refractivity (Wildman–Crippen MR) is 113 cm³/mol. The number of anilines is 1. The molecule has 29 heavy (non-hydrogen) atoms. The van der Waals surface area contributed by atoms with E-state index < -0.39 is 5.97 Å². The van der Waals surface area contributed by atoms with E-state index in [0.717, 1.165) is 21.9 Å². The number of ether oxygens (including phenoxy) is 1. The van der Waals surface area contributed by atoms with Crippen LogP contribution >= 0.6 is 34.3 Å². The van der Waals surface area contributed by atoms with Gasteiger partial charge in [0, 0.05) is 10.9 Å². The van der Waals surface area contributed by atoms with E-state index in [9.17, 15) is 9.59 Å². The number of benzene rings is 1. The number of esters is 1. The van der Waals surface area contributed by atoms with Crippen LogP contribution in [0.5, 0.6) is 0 Å². The van der Waals surface area contributed by atoms with Gasteiger partial charge in [0.15, 0.2) is 5.76 Å². The van der Waals surface area contributed by atoms with Crippen molar-refractivity contribution in [1.82, 2.24) is 4.98 Å². The molecule has 0 atom stereocenters. The van der Waals surface area contributed by atoms with Crippen LogP contribution in [0, 0.1) is 0 Å². The Bertz CT molecular complexity index is 1150. The van der Waals surface area contributed by atoms with Gasteiger partial charge in [-0.2, -0.15) is 0 Å². The quantitative estimate of drug-likeness (QED) is 0.384. The van der Waals surface area contributed by atoms with Crippen molar-refractivity contribution in [2.75, 3.05) is 5.32 Å². The largest absolute Gasteiger partial charge is 0.459 e. The number of carbonyl (C=O) groups is 2. The maximum absolute atomic E-state index is 12.3. The summed E-state index contributed by atoms with van der Waals surface area (Å²) in [4.78, 5) is 29.1. The normalized spacial score (nSPS) is 10.7. The number of hydrogen-bond acceptors (Lipinski definition) is 7. The third-order valence-electron chi connectivity index (χ3n) is 3.80. The lowest BCUT2D eigenvalue weighted by atomic mass is 10.2. The lowest BCUT2D eigenvalue weighted by Crippen LogP contribution is -2.09. The molecule has 0 saturated carbocycles. The highest BCUT2D eigenvalue weighted by molar-refractivity contribution is 7.18. The number of thiazole rings is 1. The van der Waals surface area contributed by atoms with Crippen LogP contribution in [0.15, 0.2) is 64.6 Å². The maximum atomic E-state index is 12.3. The van der Waals surface area contributed by atoms with Gasteiger partial charge >= 0.3 is 5.97 Å². The van der Waals surface area contributed by atoms with Crippen molar-refractivity contribution in [2.45, 2.75) is 6.61 Å². The summed E-state index contributed by atoms with van der Waals surface area (Å²) in [7, 11) is 0. The van der Waals surface area contributed by atoms with Crippen LogP contribution in [0.3, 0.4) is 0 Å². The van der Waals surface area contributed by atoms with Gasteiger partial charge in [-0.1, -0.05) is 29.8 Å². The van der Waals surface area contributed by atoms with Gasteiger partial charge in [-0.05, 0) is 30.3 Å². The first-order valence-electron chi connectivity index (χ1n) is 8.41. The van der Waals surface area contributed by atoms with E-state index in [2.05, 4.69) is 10.3 Å². The Morgan fingerprint density at radius 2 is 2.00 bits per heavy atom. The first-order chi connectivity index (χ1) is 14.1. The number of nitrogens with one attached hydrogen (secondary N) is 1. The first kappa shape index (κ1) is 19.4. The molecule has 1 amide bonds. The predicted octanol–water partition coefficient (Wildman–Crippen LogP) is 5.73. The van der Waals surface area contributed by atoms with E-state index in [1.54, 1.807) is 30.3 Å². The van der Waals surface area contributed by atoms with Crippen LogP contribution in [0.4, 0.5) is 5.00 Å². The Hall–Kier alpha value is -2.94. The van der Waals surface area contributed by atoms with Crippen molar-refractivity contribution in [1.29, 1.82) is 0 Å². The van der Waals surface area contributed by atoms with Gasteiger partial charge in [-0.15, -0.1) is 22.7 Å². The minimum atomic E-state index is -0.485. The van der Waals surface area contributed by atoms with E-state index >= 15 is 0 Å². The summed E-state index contributed by atoms with van der Waals surface area (Å²) >= 11 is 8.75. The molecule has 1 N–H and O–H groups in total. The van der Waals surface area contributed by atoms with E-state index in [0.29, 0.717) is 20.6 Å². The fourth-order valence-corrected chi connectivity index (χ4v) is 4.36. The zero-order chi connectivity index (χ0) is 20.2. The molecule has 0 bridgehead atoms. The van der Waals surface area contributed by atoms with Gasteiger partial charge in [0.2, 0.25) is 0 Å². The SMILES string of the molecule is O=C(Nc1ccc(C(=O)OCc2csc(-c3ccccc3Cl)n2)s1)c1ccco1. The van der Waals surface area contributed by atoms with Gasteiger partial charge in [-0.3, -0.25) is 4.79 Å². The number of hydrogen-bond donors (Lipinski definition) is 1. The molecule has 0 radical (unpaired) electrons. The van der Waals surface area contributed by atoms with Crippen molar-refractivity contribution in [3.63, 3.8) is 0 Å². The second-order valence-electron chi connectivity index (χ2n) is 5.80. The fourth-order valence-electron chi connectivity index (χ4n) is 2.44. The lowest BCUT2D eigenvalue weighted by molar-refractivity contribution is 0.0474. The molecule has 9 heteroatoms. The molecule has 6 nitrogen and oxygen atoms in total. The molecule has 1 aromatic carbocycles. The number of amides is 1. The Morgan fingerprint density at radius 3 is 2.79 bits per heavy atom. The zero-order valence-corrected chi connectivity index (χ0v) is 17.1. The average Bonchev–Trinajstić information content (AvgIpc) is 3.47. The minimum Gasteiger partial charge on any atom is -0.459 e. The van der Waals surface area contributed by atoms with E-state index in [4.69, 9.17) is 20.8 Å². The number of nitrogens with zero attached hydrogens (tertiary/aromatic N) is 1. The number of aromatic nitrogens is 1. The van der Waals surface area contributed by atoms with Gasteiger partial charge in [0.05, 0.1) is 22.0 Å². The molecule has 3 heterocycles. The highest BCUT2D eigenvalue weighted by atomic mass is 35.5. The summed E-state index contributed by atoms with van der Waals surface area (Å²) in [5.41, 5.74) is 1.48. The molecular formula is C20H13ClN2O4S2. The van der Waals surface area contributed by atoms with Crippen molar-refractivity contribution in [2.24, 2.45) is 0 Å². The second kappa shape index (κ2) is 8.60. The number of furan rings is 1. The summed E-state index contributed by atoms with van der Waals surface area (Å²) in [6.45, 7) is 0.0474. The highest BCUT2D eigenvalue weighted by Crippen LogP contribution is 2.30. The third kappa shape index (κ3) is 4.56. The van der Waals surface area contributed by atoms with Crippen molar-refractivity contribution in [3.05, 3.63) is 81.5 Å². The minimum absolute atomic E-state index is 0.0474. The Balaban J connectivity index is 1.35. The third-order valence-corrected chi connectivity index (χ3v) is 6.03. The highest BCUT2D eigenvalue weighted by Gasteiger charge is 2.15. The standard InChI is InChI=1S/C20H13ClN2O4S2/c21-14-5-2-1-4-13(14)19-22-12(11-28-19)10-27-20(25)16-7-8-17(29-16)23-18(24)15-6-3-9-26-15/h1-9,11H,10H2,(H,23,24). The maximum Gasteiger partial charge on any atom is 0.348 e. The number of halogens is 1. The average molecular weight is 445 g/mol. The van der Waals surface area contributed by atoms with Crippen LogP contribution in [0.2, 0.25) is 5.02 Å². The monoisotopic (exact) mass is 444 g/mol. The first-order valence-corrected chi connectivity index (χ1v) is 10.5. The van der Waals surface area contributed by atoms with Crippen LogP contribution in [0.1, 0.15) is 25.9 Å². The van der Waals surface area contributed by atoms with Crippen molar-refractivity contribution < 1.29 is 18.7 Å². The van der Waals surface area contributed by atoms with Gasteiger partial charge in [-0.25, -0.2) is 9.78 Å². The molecule has 3 aromatic heterocycles. The van der Waals surface area contributed by atoms with E-state index in [1.165, 1.54) is 17.6 Å². The van der Waals surface area contributed by atoms with Crippen LogP contribution < -0.4 is 5.32 Å². The van der Waals surface area contributed by atoms with Crippen LogP contribution in [-0.2, 0) is 11.3 Å². The molecule has 4 rings (SSSR count). The molecular weight excluding hydrogens is 432 g/mol. The summed E-state index contributed by atoms with van der Waals surface area (Å²) in [5, 5.41) is 6.41. The molecule has 0 unspecified atom stereocenters. The Labute approximate surface area is 178 Å². The van der Waals surface area contributed by atoms with Crippen LogP contribution in [-0.4, -0.2) is 16.9 Å². The molecule has 0 saturated heterocycles. The van der Waals surface area contributed by atoms with E-state index in [-0.39, 0.29) is 18.3 Å². The molecule has 0 spiro atoms. The van der Waals surface area contributed by atoms with Crippen molar-refractivity contribution in [3.8, 4) is 10.6 Å². The zero-order valence-electron chi connectivity index (χ0n) is 14.8. The Morgan fingerprint density at radius 1 is 1.14 bits per heavy atom. The lowest BCUT2D eigenvalue weighted by Gasteiger charge is -2.01. The molecule has 4 aromatic rings.